The first kappa shape index (κ1) is 9.78. The van der Waals surface area contributed by atoms with Crippen LogP contribution in [0, 0.1) is 5.82 Å². The molecule has 3 rings (SSSR count). The van der Waals surface area contributed by atoms with Crippen LogP contribution < -0.4 is 0 Å². The number of hydrogen-bond acceptors (Lipinski definition) is 2. The lowest BCUT2D eigenvalue weighted by molar-refractivity contribution is 0.184. The van der Waals surface area contributed by atoms with E-state index in [9.17, 15) is 9.50 Å². The van der Waals surface area contributed by atoms with Gasteiger partial charge in [-0.2, -0.15) is 0 Å². The van der Waals surface area contributed by atoms with E-state index in [4.69, 9.17) is 0 Å². The maximum atomic E-state index is 13.6. The second-order valence-electron chi connectivity index (χ2n) is 4.35. The Labute approximate surface area is 92.5 Å². The highest BCUT2D eigenvalue weighted by molar-refractivity contribution is 5.77. The van der Waals surface area contributed by atoms with Gasteiger partial charge in [0.25, 0.3) is 0 Å². The highest BCUT2D eigenvalue weighted by Crippen LogP contribution is 2.40. The molecule has 1 unspecified atom stereocenters. The lowest BCUT2D eigenvalue weighted by Gasteiger charge is -2.08. The van der Waals surface area contributed by atoms with Crippen LogP contribution in [0.15, 0.2) is 18.2 Å². The third-order valence-corrected chi connectivity index (χ3v) is 2.98. The molecule has 1 fully saturated rings. The molecule has 0 amide bonds. The van der Waals surface area contributed by atoms with Crippen molar-refractivity contribution < 1.29 is 9.50 Å². The van der Waals surface area contributed by atoms with E-state index in [2.05, 4.69) is 4.98 Å². The van der Waals surface area contributed by atoms with Crippen LogP contribution in [0.3, 0.4) is 0 Å². The van der Waals surface area contributed by atoms with Gasteiger partial charge in [-0.3, -0.25) is 0 Å². The van der Waals surface area contributed by atoms with Gasteiger partial charge in [0, 0.05) is 6.04 Å². The number of halogens is 1. The molecule has 0 bridgehead atoms. The fourth-order valence-electron chi connectivity index (χ4n) is 2.11. The van der Waals surface area contributed by atoms with Gasteiger partial charge < -0.3 is 9.67 Å². The summed E-state index contributed by atoms with van der Waals surface area (Å²) < 4.78 is 15.5. The van der Waals surface area contributed by atoms with E-state index in [1.165, 1.54) is 6.07 Å². The molecular weight excluding hydrogens is 207 g/mol. The van der Waals surface area contributed by atoms with Crippen LogP contribution >= 0.6 is 0 Å². The third kappa shape index (κ3) is 1.33. The van der Waals surface area contributed by atoms with Gasteiger partial charge in [0.1, 0.15) is 17.4 Å². The van der Waals surface area contributed by atoms with Gasteiger partial charge in [0.05, 0.1) is 5.52 Å². The number of aliphatic hydroxyl groups is 1. The maximum absolute atomic E-state index is 13.6. The topological polar surface area (TPSA) is 38.1 Å². The number of fused-ring (bicyclic) bond motifs is 1. The lowest BCUT2D eigenvalue weighted by Crippen LogP contribution is -2.04. The minimum atomic E-state index is -0.660. The van der Waals surface area contributed by atoms with Gasteiger partial charge in [-0.1, -0.05) is 6.07 Å². The molecule has 4 heteroatoms. The monoisotopic (exact) mass is 220 g/mol. The molecule has 84 valence electrons. The average molecular weight is 220 g/mol. The second kappa shape index (κ2) is 3.28. The van der Waals surface area contributed by atoms with Crippen molar-refractivity contribution in [2.24, 2.45) is 0 Å². The molecule has 0 aliphatic heterocycles. The minimum Gasteiger partial charge on any atom is -0.385 e. The standard InChI is InChI=1S/C12H13FN2O/c1-7(16)12-14-11-9(13)3-2-4-10(11)15(12)8-5-6-8/h2-4,7-8,16H,5-6H2,1H3. The molecule has 1 heterocycles. The SMILES string of the molecule is CC(O)c1nc2c(F)cccc2n1C1CC1. The van der Waals surface area contributed by atoms with E-state index in [1.807, 2.05) is 10.6 Å². The van der Waals surface area contributed by atoms with Gasteiger partial charge in [0.15, 0.2) is 5.82 Å². The molecule has 1 aliphatic carbocycles. The van der Waals surface area contributed by atoms with E-state index >= 15 is 0 Å². The molecule has 16 heavy (non-hydrogen) atoms. The van der Waals surface area contributed by atoms with Crippen LogP contribution in [0.1, 0.15) is 37.7 Å². The summed E-state index contributed by atoms with van der Waals surface area (Å²) in [4.78, 5) is 4.21. The molecule has 1 aromatic heterocycles. The maximum Gasteiger partial charge on any atom is 0.151 e. The van der Waals surface area contributed by atoms with E-state index in [1.54, 1.807) is 13.0 Å². The third-order valence-electron chi connectivity index (χ3n) is 2.98. The summed E-state index contributed by atoms with van der Waals surface area (Å²) in [5.41, 5.74) is 1.16. The number of imidazole rings is 1. The number of aliphatic hydroxyl groups excluding tert-OH is 1. The minimum absolute atomic E-state index is 0.321. The molecule has 1 saturated carbocycles. The number of para-hydroxylation sites is 1. The predicted molar refractivity (Wildman–Crippen MR) is 58.6 cm³/mol. The first-order valence-electron chi connectivity index (χ1n) is 5.53. The quantitative estimate of drug-likeness (QED) is 0.844. The highest BCUT2D eigenvalue weighted by Gasteiger charge is 2.29. The van der Waals surface area contributed by atoms with Gasteiger partial charge in [-0.25, -0.2) is 9.37 Å². The van der Waals surface area contributed by atoms with Crippen molar-refractivity contribution in [1.82, 2.24) is 9.55 Å². The zero-order valence-electron chi connectivity index (χ0n) is 9.02. The van der Waals surface area contributed by atoms with Gasteiger partial charge in [0.2, 0.25) is 0 Å². The summed E-state index contributed by atoms with van der Waals surface area (Å²) in [5, 5.41) is 9.67. The van der Waals surface area contributed by atoms with Gasteiger partial charge in [-0.15, -0.1) is 0 Å². The van der Waals surface area contributed by atoms with Crippen molar-refractivity contribution in [2.75, 3.05) is 0 Å². The van der Waals surface area contributed by atoms with Gasteiger partial charge in [-0.05, 0) is 31.9 Å². The van der Waals surface area contributed by atoms with E-state index in [0.717, 1.165) is 18.4 Å². The Bertz CT molecular complexity index is 543. The van der Waals surface area contributed by atoms with Crippen molar-refractivity contribution in [2.45, 2.75) is 31.9 Å². The largest absolute Gasteiger partial charge is 0.385 e. The number of rotatable bonds is 2. The highest BCUT2D eigenvalue weighted by atomic mass is 19.1. The molecular formula is C12H13FN2O. The molecule has 3 nitrogen and oxygen atoms in total. The van der Waals surface area contributed by atoms with Crippen molar-refractivity contribution in [3.8, 4) is 0 Å². The summed E-state index contributed by atoms with van der Waals surface area (Å²) in [7, 11) is 0. The van der Waals surface area contributed by atoms with E-state index < -0.39 is 6.10 Å². The Morgan fingerprint density at radius 2 is 2.25 bits per heavy atom. The molecule has 0 saturated heterocycles. The summed E-state index contributed by atoms with van der Waals surface area (Å²) in [6.07, 6.45) is 1.51. The van der Waals surface area contributed by atoms with Gasteiger partial charge >= 0.3 is 0 Å². The van der Waals surface area contributed by atoms with Crippen LogP contribution in [-0.2, 0) is 0 Å². The van der Waals surface area contributed by atoms with Crippen LogP contribution in [0.2, 0.25) is 0 Å². The molecule has 0 spiro atoms. The molecule has 1 N–H and O–H groups in total. The zero-order valence-corrected chi connectivity index (χ0v) is 9.02. The lowest BCUT2D eigenvalue weighted by atomic mass is 10.3. The summed E-state index contributed by atoms with van der Waals surface area (Å²) in [6, 6.07) is 5.33. The summed E-state index contributed by atoms with van der Waals surface area (Å²) in [6.45, 7) is 1.66. The Morgan fingerprint density at radius 1 is 1.50 bits per heavy atom. The fourth-order valence-corrected chi connectivity index (χ4v) is 2.11. The molecule has 2 aromatic rings. The van der Waals surface area contributed by atoms with Crippen LogP contribution in [0.5, 0.6) is 0 Å². The van der Waals surface area contributed by atoms with Crippen molar-refractivity contribution >= 4 is 11.0 Å². The molecule has 1 aromatic carbocycles. The summed E-state index contributed by atoms with van der Waals surface area (Å²) in [5.74, 6) is 0.251. The fraction of sp³-hybridized carbons (Fsp3) is 0.417. The van der Waals surface area contributed by atoms with Crippen LogP contribution in [0.4, 0.5) is 4.39 Å². The number of hydrogen-bond donors (Lipinski definition) is 1. The molecule has 1 aliphatic rings. The number of aromatic nitrogens is 2. The zero-order chi connectivity index (χ0) is 11.3. The summed E-state index contributed by atoms with van der Waals surface area (Å²) >= 11 is 0. The number of benzene rings is 1. The Kier molecular flexibility index (Phi) is 2.01. The molecule has 1 atom stereocenters. The number of nitrogens with zero attached hydrogens (tertiary/aromatic N) is 2. The second-order valence-corrected chi connectivity index (χ2v) is 4.35. The van der Waals surface area contributed by atoms with Crippen molar-refractivity contribution in [1.29, 1.82) is 0 Å². The van der Waals surface area contributed by atoms with Crippen molar-refractivity contribution in [3.63, 3.8) is 0 Å². The predicted octanol–water partition coefficient (Wildman–Crippen LogP) is 2.56. The first-order chi connectivity index (χ1) is 7.68. The Hall–Kier alpha value is -1.42. The smallest absolute Gasteiger partial charge is 0.151 e. The van der Waals surface area contributed by atoms with Crippen LogP contribution in [0.25, 0.3) is 11.0 Å². The first-order valence-corrected chi connectivity index (χ1v) is 5.53. The van der Waals surface area contributed by atoms with E-state index in [0.29, 0.717) is 17.4 Å². The Morgan fingerprint density at radius 3 is 2.88 bits per heavy atom. The normalized spacial score (nSPS) is 17.9. The van der Waals surface area contributed by atoms with E-state index in [-0.39, 0.29) is 5.82 Å². The van der Waals surface area contributed by atoms with Crippen LogP contribution in [-0.4, -0.2) is 14.7 Å². The average Bonchev–Trinajstić information content (AvgIpc) is 2.99. The van der Waals surface area contributed by atoms with Crippen molar-refractivity contribution in [3.05, 3.63) is 29.8 Å². The Balaban J connectivity index is 2.32. The molecule has 0 radical (unpaired) electrons.